The van der Waals surface area contributed by atoms with E-state index in [1.807, 2.05) is 0 Å². The van der Waals surface area contributed by atoms with Gasteiger partial charge in [0.05, 0.1) is 0 Å². The number of benzene rings is 2. The summed E-state index contributed by atoms with van der Waals surface area (Å²) in [5.41, 5.74) is 4.14. The molecular formula is C31H40BrN3O. The number of aromatic nitrogens is 1. The average Bonchev–Trinajstić information content (AvgIpc) is 3.24. The number of hydrogen-bond acceptors (Lipinski definition) is 3. The number of hydrogen-bond donors (Lipinski definition) is 1. The van der Waals surface area contributed by atoms with Crippen LogP contribution in [0.1, 0.15) is 56.1 Å². The highest BCUT2D eigenvalue weighted by Crippen LogP contribution is 2.44. The predicted molar refractivity (Wildman–Crippen MR) is 151 cm³/mol. The summed E-state index contributed by atoms with van der Waals surface area (Å²) in [6.45, 7) is 6.11. The van der Waals surface area contributed by atoms with E-state index in [4.69, 9.17) is 0 Å². The van der Waals surface area contributed by atoms with Crippen molar-refractivity contribution in [2.24, 2.45) is 11.8 Å². The fraction of sp³-hybridized carbons (Fsp3) is 0.548. The second kappa shape index (κ2) is 11.0. The van der Waals surface area contributed by atoms with Gasteiger partial charge in [-0.25, -0.2) is 0 Å². The molecule has 4 heterocycles. The molecule has 3 saturated heterocycles. The minimum absolute atomic E-state index is 0.319. The Balaban J connectivity index is 1.30. The number of halogens is 1. The van der Waals surface area contributed by atoms with Gasteiger partial charge in [-0.1, -0.05) is 46.3 Å². The number of para-hydroxylation sites is 1. The summed E-state index contributed by atoms with van der Waals surface area (Å²) in [5, 5.41) is 10.9. The fourth-order valence-electron chi connectivity index (χ4n) is 7.71. The van der Waals surface area contributed by atoms with Crippen molar-refractivity contribution in [1.29, 1.82) is 0 Å². The molecule has 1 N–H and O–H groups in total. The van der Waals surface area contributed by atoms with Gasteiger partial charge in [-0.2, -0.15) is 0 Å². The Bertz CT molecular complexity index is 1160. The molecule has 0 saturated carbocycles. The van der Waals surface area contributed by atoms with E-state index in [0.717, 1.165) is 48.3 Å². The molecule has 3 aliphatic heterocycles. The Hall–Kier alpha value is -1.66. The Kier molecular flexibility index (Phi) is 7.53. The van der Waals surface area contributed by atoms with Gasteiger partial charge >= 0.3 is 0 Å². The van der Waals surface area contributed by atoms with Crippen LogP contribution in [0.3, 0.4) is 0 Å². The number of aliphatic hydroxyl groups excluding tert-OH is 1. The van der Waals surface area contributed by atoms with Gasteiger partial charge in [0.15, 0.2) is 0 Å². The van der Waals surface area contributed by atoms with Gasteiger partial charge < -0.3 is 9.67 Å². The minimum atomic E-state index is 0.319. The normalized spacial score (nSPS) is 26.8. The lowest BCUT2D eigenvalue weighted by molar-refractivity contribution is -0.0811. The quantitative estimate of drug-likeness (QED) is 0.335. The second-order valence-corrected chi connectivity index (χ2v) is 12.3. The standard InChI is InChI=1S/C31H40BrN3O/c32-26-14-12-23(13-15-26)19-34-21-25(27-8-1-2-10-29(27)34)22-35-20-24-7-5-16-33-17-6-9-28(31(24)33)30(35)11-3-4-18-36/h1-2,8,10,12-15,21,24,28,30-31,36H,3-7,9,11,16-20,22H2/t24-,28-,30-,31+/m1/s1. The van der Waals surface area contributed by atoms with Crippen molar-refractivity contribution < 1.29 is 5.11 Å². The number of aliphatic hydroxyl groups is 1. The molecule has 0 bridgehead atoms. The minimum Gasteiger partial charge on any atom is -0.396 e. The van der Waals surface area contributed by atoms with Gasteiger partial charge in [0.25, 0.3) is 0 Å². The molecule has 3 fully saturated rings. The lowest BCUT2D eigenvalue weighted by atomic mass is 9.69. The number of nitrogens with zero attached hydrogens (tertiary/aromatic N) is 3. The van der Waals surface area contributed by atoms with Crippen LogP contribution in [-0.4, -0.2) is 57.8 Å². The molecule has 4 atom stereocenters. The third kappa shape index (κ3) is 4.92. The summed E-state index contributed by atoms with van der Waals surface area (Å²) >= 11 is 3.57. The fourth-order valence-corrected chi connectivity index (χ4v) is 7.98. The first-order chi connectivity index (χ1) is 17.7. The maximum atomic E-state index is 9.49. The van der Waals surface area contributed by atoms with Crippen LogP contribution < -0.4 is 0 Å². The number of unbranched alkanes of at least 4 members (excludes halogenated alkanes) is 1. The van der Waals surface area contributed by atoms with E-state index in [0.29, 0.717) is 12.6 Å². The smallest absolute Gasteiger partial charge is 0.0486 e. The number of rotatable bonds is 8. The van der Waals surface area contributed by atoms with Crippen molar-refractivity contribution in [2.75, 3.05) is 26.2 Å². The Morgan fingerprint density at radius 1 is 0.917 bits per heavy atom. The van der Waals surface area contributed by atoms with Crippen LogP contribution in [0.4, 0.5) is 0 Å². The van der Waals surface area contributed by atoms with E-state index in [1.165, 1.54) is 73.8 Å². The monoisotopic (exact) mass is 549 g/mol. The lowest BCUT2D eigenvalue weighted by Gasteiger charge is -2.57. The van der Waals surface area contributed by atoms with E-state index in [2.05, 4.69) is 85.0 Å². The Morgan fingerprint density at radius 2 is 1.72 bits per heavy atom. The molecule has 0 aliphatic carbocycles. The van der Waals surface area contributed by atoms with Crippen LogP contribution in [0.25, 0.3) is 10.9 Å². The third-order valence-electron chi connectivity index (χ3n) is 9.20. The average molecular weight is 551 g/mol. The summed E-state index contributed by atoms with van der Waals surface area (Å²) < 4.78 is 3.58. The molecule has 192 valence electrons. The Labute approximate surface area is 224 Å². The van der Waals surface area contributed by atoms with E-state index in [-0.39, 0.29) is 0 Å². The topological polar surface area (TPSA) is 31.6 Å². The van der Waals surface area contributed by atoms with Crippen LogP contribution in [-0.2, 0) is 13.1 Å². The number of likely N-dealkylation sites (tertiary alicyclic amines) is 1. The molecule has 0 radical (unpaired) electrons. The van der Waals surface area contributed by atoms with Crippen LogP contribution in [0.15, 0.2) is 59.2 Å². The van der Waals surface area contributed by atoms with Crippen molar-refractivity contribution in [3.63, 3.8) is 0 Å². The van der Waals surface area contributed by atoms with Gasteiger partial charge in [-0.3, -0.25) is 9.80 Å². The van der Waals surface area contributed by atoms with Crippen LogP contribution >= 0.6 is 15.9 Å². The predicted octanol–water partition coefficient (Wildman–Crippen LogP) is 6.29. The molecule has 3 aromatic rings. The zero-order chi connectivity index (χ0) is 24.5. The van der Waals surface area contributed by atoms with Crippen molar-refractivity contribution in [3.8, 4) is 0 Å². The first-order valence-electron chi connectivity index (χ1n) is 14.1. The van der Waals surface area contributed by atoms with Gasteiger partial charge in [0.1, 0.15) is 0 Å². The summed E-state index contributed by atoms with van der Waals surface area (Å²) in [4.78, 5) is 5.71. The Morgan fingerprint density at radius 3 is 2.56 bits per heavy atom. The molecule has 4 nitrogen and oxygen atoms in total. The van der Waals surface area contributed by atoms with Gasteiger partial charge in [-0.15, -0.1) is 0 Å². The summed E-state index contributed by atoms with van der Waals surface area (Å²) in [6.07, 6.45) is 11.2. The lowest BCUT2D eigenvalue weighted by Crippen LogP contribution is -2.64. The summed E-state index contributed by atoms with van der Waals surface area (Å²) in [5.74, 6) is 1.60. The van der Waals surface area contributed by atoms with E-state index in [9.17, 15) is 5.11 Å². The molecule has 1 aromatic heterocycles. The molecule has 2 aromatic carbocycles. The van der Waals surface area contributed by atoms with Crippen LogP contribution in [0.5, 0.6) is 0 Å². The molecule has 0 amide bonds. The van der Waals surface area contributed by atoms with Crippen LogP contribution in [0.2, 0.25) is 0 Å². The van der Waals surface area contributed by atoms with Crippen molar-refractivity contribution in [2.45, 2.75) is 70.1 Å². The molecular weight excluding hydrogens is 510 g/mol. The summed E-state index contributed by atoms with van der Waals surface area (Å²) in [6, 6.07) is 19.1. The molecule has 0 unspecified atom stereocenters. The highest BCUT2D eigenvalue weighted by molar-refractivity contribution is 9.10. The van der Waals surface area contributed by atoms with Crippen molar-refractivity contribution in [3.05, 3.63) is 70.3 Å². The van der Waals surface area contributed by atoms with Crippen molar-refractivity contribution in [1.82, 2.24) is 14.4 Å². The number of piperidine rings is 3. The zero-order valence-electron chi connectivity index (χ0n) is 21.4. The molecule has 3 aliphatic rings. The maximum Gasteiger partial charge on any atom is 0.0486 e. The van der Waals surface area contributed by atoms with Crippen molar-refractivity contribution >= 4 is 26.8 Å². The highest BCUT2D eigenvalue weighted by atomic mass is 79.9. The van der Waals surface area contributed by atoms with Gasteiger partial charge in [0.2, 0.25) is 0 Å². The first kappa shape index (κ1) is 24.7. The van der Waals surface area contributed by atoms with Gasteiger partial charge in [0, 0.05) is 59.9 Å². The van der Waals surface area contributed by atoms with E-state index in [1.54, 1.807) is 0 Å². The maximum absolute atomic E-state index is 9.49. The third-order valence-corrected chi connectivity index (χ3v) is 9.73. The largest absolute Gasteiger partial charge is 0.396 e. The summed E-state index contributed by atoms with van der Waals surface area (Å²) in [7, 11) is 0. The van der Waals surface area contributed by atoms with Gasteiger partial charge in [-0.05, 0) is 99.2 Å². The second-order valence-electron chi connectivity index (χ2n) is 11.4. The van der Waals surface area contributed by atoms with E-state index < -0.39 is 0 Å². The van der Waals surface area contributed by atoms with E-state index >= 15 is 0 Å². The molecule has 36 heavy (non-hydrogen) atoms. The highest BCUT2D eigenvalue weighted by Gasteiger charge is 2.48. The molecule has 0 spiro atoms. The molecule has 6 rings (SSSR count). The number of fused-ring (bicyclic) bond motifs is 1. The molecule has 5 heteroatoms. The first-order valence-corrected chi connectivity index (χ1v) is 14.9. The van der Waals surface area contributed by atoms with Crippen LogP contribution in [0, 0.1) is 11.8 Å². The zero-order valence-corrected chi connectivity index (χ0v) is 23.0. The SMILES string of the molecule is OCCCC[C@@H]1[C@H]2CCCN3CCC[C@H](CN1Cc1cn(Cc4ccc(Br)cc4)c4ccccc14)[C@@H]23.